The first kappa shape index (κ1) is 14.9. The van der Waals surface area contributed by atoms with Gasteiger partial charge in [-0.15, -0.1) is 0 Å². The van der Waals surface area contributed by atoms with Gasteiger partial charge in [-0.25, -0.2) is 0 Å². The van der Waals surface area contributed by atoms with Gasteiger partial charge in [0.15, 0.2) is 0 Å². The summed E-state index contributed by atoms with van der Waals surface area (Å²) in [4.78, 5) is 17.4. The molecule has 1 fully saturated rings. The summed E-state index contributed by atoms with van der Waals surface area (Å²) in [6.45, 7) is 8.96. The molecule has 18 heavy (non-hydrogen) atoms. The first-order chi connectivity index (χ1) is 8.63. The quantitative estimate of drug-likeness (QED) is 0.323. The van der Waals surface area contributed by atoms with Crippen LogP contribution < -0.4 is 5.73 Å². The molecule has 1 heterocycles. The number of ether oxygens (including phenoxy) is 1. The minimum atomic E-state index is 0.176. The van der Waals surface area contributed by atoms with Gasteiger partial charge in [0.25, 0.3) is 0 Å². The van der Waals surface area contributed by atoms with Crippen molar-refractivity contribution in [2.45, 2.75) is 13.8 Å². The molecule has 0 aromatic heterocycles. The Kier molecular flexibility index (Phi) is 6.60. The zero-order chi connectivity index (χ0) is 13.4. The highest BCUT2D eigenvalue weighted by molar-refractivity contribution is 5.96. The van der Waals surface area contributed by atoms with E-state index < -0.39 is 0 Å². The largest absolute Gasteiger partial charge is 0.384 e. The summed E-state index contributed by atoms with van der Waals surface area (Å²) in [6, 6.07) is 0. The predicted octanol–water partition coefficient (Wildman–Crippen LogP) is 0.457. The molecule has 5 nitrogen and oxygen atoms in total. The lowest BCUT2D eigenvalue weighted by atomic mass is 10.0. The number of hydrogen-bond donors (Lipinski definition) is 1. The first-order valence-electron chi connectivity index (χ1n) is 6.40. The van der Waals surface area contributed by atoms with E-state index in [9.17, 15) is 4.79 Å². The van der Waals surface area contributed by atoms with Crippen LogP contribution in [-0.2, 0) is 9.53 Å². The van der Waals surface area contributed by atoms with Crippen LogP contribution in [0, 0.1) is 5.92 Å². The summed E-state index contributed by atoms with van der Waals surface area (Å²) in [6.07, 6.45) is 2.51. The van der Waals surface area contributed by atoms with E-state index in [-0.39, 0.29) is 5.92 Å². The Balaban J connectivity index is 2.38. The molecular weight excluding hydrogens is 230 g/mol. The van der Waals surface area contributed by atoms with Crippen molar-refractivity contribution in [1.82, 2.24) is 4.90 Å². The smallest absolute Gasteiger partial charge is 0.146 e. The Morgan fingerprint density at radius 2 is 2.11 bits per heavy atom. The van der Waals surface area contributed by atoms with Gasteiger partial charge in [0.2, 0.25) is 0 Å². The number of hydrogen-bond acceptors (Lipinski definition) is 4. The standard InChI is InChI=1S/C13H23N3O2/c1-11(2)12(10-17)9-13(14)15-3-4-16-5-7-18-8-6-16/h9-11H,3-8H2,1-2H3,(H2,14,15)/b12-9-. The lowest BCUT2D eigenvalue weighted by Gasteiger charge is -2.25. The Bertz CT molecular complexity index is 318. The van der Waals surface area contributed by atoms with Gasteiger partial charge in [-0.1, -0.05) is 13.8 Å². The normalized spacial score (nSPS) is 19.3. The van der Waals surface area contributed by atoms with E-state index in [1.807, 2.05) is 13.8 Å². The number of carbonyl (C=O) groups excluding carboxylic acids is 1. The van der Waals surface area contributed by atoms with Crippen molar-refractivity contribution in [3.05, 3.63) is 11.6 Å². The van der Waals surface area contributed by atoms with E-state index in [1.165, 1.54) is 0 Å². The summed E-state index contributed by atoms with van der Waals surface area (Å²) >= 11 is 0. The molecule has 0 unspecified atom stereocenters. The van der Waals surface area contributed by atoms with Crippen molar-refractivity contribution in [3.8, 4) is 0 Å². The van der Waals surface area contributed by atoms with Gasteiger partial charge in [-0.3, -0.25) is 14.7 Å². The molecule has 0 saturated carbocycles. The molecule has 1 saturated heterocycles. The highest BCUT2D eigenvalue weighted by Crippen LogP contribution is 2.05. The third-order valence-electron chi connectivity index (χ3n) is 2.93. The predicted molar refractivity (Wildman–Crippen MR) is 72.7 cm³/mol. The van der Waals surface area contributed by atoms with Gasteiger partial charge in [0.05, 0.1) is 19.8 Å². The molecule has 0 radical (unpaired) electrons. The Hall–Kier alpha value is -1.20. The van der Waals surface area contributed by atoms with Gasteiger partial charge in [-0.2, -0.15) is 0 Å². The van der Waals surface area contributed by atoms with Crippen LogP contribution in [-0.4, -0.2) is 56.4 Å². The van der Waals surface area contributed by atoms with Crippen molar-refractivity contribution >= 4 is 12.1 Å². The lowest BCUT2D eigenvalue weighted by molar-refractivity contribution is -0.105. The van der Waals surface area contributed by atoms with Crippen molar-refractivity contribution in [1.29, 1.82) is 0 Å². The number of morpholine rings is 1. The van der Waals surface area contributed by atoms with Crippen LogP contribution in [0.1, 0.15) is 13.8 Å². The van der Waals surface area contributed by atoms with E-state index in [0.29, 0.717) is 18.0 Å². The van der Waals surface area contributed by atoms with Crippen LogP contribution >= 0.6 is 0 Å². The molecule has 5 heteroatoms. The number of nitrogens with two attached hydrogens (primary N) is 1. The minimum absolute atomic E-state index is 0.176. The summed E-state index contributed by atoms with van der Waals surface area (Å²) in [5, 5.41) is 0. The second kappa shape index (κ2) is 8.00. The van der Waals surface area contributed by atoms with Gasteiger partial charge < -0.3 is 10.5 Å². The molecule has 102 valence electrons. The molecule has 2 N–H and O–H groups in total. The molecule has 0 atom stereocenters. The van der Waals surface area contributed by atoms with Crippen molar-refractivity contribution in [2.24, 2.45) is 16.6 Å². The Labute approximate surface area is 109 Å². The molecule has 0 aromatic rings. The van der Waals surface area contributed by atoms with Crippen molar-refractivity contribution in [3.63, 3.8) is 0 Å². The maximum absolute atomic E-state index is 10.8. The van der Waals surface area contributed by atoms with E-state index in [0.717, 1.165) is 39.1 Å². The summed E-state index contributed by atoms with van der Waals surface area (Å²) in [7, 11) is 0. The Morgan fingerprint density at radius 1 is 1.44 bits per heavy atom. The molecule has 0 aromatic carbocycles. The number of carbonyl (C=O) groups is 1. The lowest BCUT2D eigenvalue weighted by Crippen LogP contribution is -2.37. The second-order valence-electron chi connectivity index (χ2n) is 4.68. The molecular formula is C13H23N3O2. The highest BCUT2D eigenvalue weighted by Gasteiger charge is 2.08. The maximum atomic E-state index is 10.8. The molecule has 0 amide bonds. The fourth-order valence-electron chi connectivity index (χ4n) is 1.70. The average molecular weight is 253 g/mol. The molecule has 1 rings (SSSR count). The second-order valence-corrected chi connectivity index (χ2v) is 4.68. The minimum Gasteiger partial charge on any atom is -0.384 e. The molecule has 1 aliphatic heterocycles. The van der Waals surface area contributed by atoms with E-state index in [1.54, 1.807) is 6.08 Å². The third-order valence-corrected chi connectivity index (χ3v) is 2.93. The van der Waals surface area contributed by atoms with Gasteiger partial charge in [0.1, 0.15) is 12.1 Å². The number of amidine groups is 1. The number of rotatable bonds is 6. The molecule has 0 bridgehead atoms. The summed E-state index contributed by atoms with van der Waals surface area (Å²) < 4.78 is 5.27. The average Bonchev–Trinajstić information content (AvgIpc) is 2.37. The van der Waals surface area contributed by atoms with Gasteiger partial charge in [-0.05, 0) is 17.6 Å². The topological polar surface area (TPSA) is 67.9 Å². The zero-order valence-corrected chi connectivity index (χ0v) is 11.3. The summed E-state index contributed by atoms with van der Waals surface area (Å²) in [5.41, 5.74) is 6.46. The first-order valence-corrected chi connectivity index (χ1v) is 6.40. The van der Waals surface area contributed by atoms with E-state index >= 15 is 0 Å². The van der Waals surface area contributed by atoms with Crippen LogP contribution in [0.3, 0.4) is 0 Å². The van der Waals surface area contributed by atoms with Crippen LogP contribution in [0.15, 0.2) is 16.6 Å². The van der Waals surface area contributed by atoms with Crippen LogP contribution in [0.5, 0.6) is 0 Å². The number of nitrogens with zero attached hydrogens (tertiary/aromatic N) is 2. The van der Waals surface area contributed by atoms with Gasteiger partial charge >= 0.3 is 0 Å². The maximum Gasteiger partial charge on any atom is 0.146 e. The van der Waals surface area contributed by atoms with E-state index in [2.05, 4.69) is 9.89 Å². The Morgan fingerprint density at radius 3 is 2.67 bits per heavy atom. The number of aliphatic imine (C=N–C) groups is 1. The molecule has 0 spiro atoms. The van der Waals surface area contributed by atoms with Crippen molar-refractivity contribution in [2.75, 3.05) is 39.4 Å². The molecule has 1 aliphatic rings. The van der Waals surface area contributed by atoms with Crippen LogP contribution in [0.2, 0.25) is 0 Å². The van der Waals surface area contributed by atoms with Crippen molar-refractivity contribution < 1.29 is 9.53 Å². The van der Waals surface area contributed by atoms with Gasteiger partial charge in [0, 0.05) is 19.6 Å². The number of aldehydes is 1. The monoisotopic (exact) mass is 253 g/mol. The van der Waals surface area contributed by atoms with Crippen LogP contribution in [0.25, 0.3) is 0 Å². The van der Waals surface area contributed by atoms with E-state index in [4.69, 9.17) is 10.5 Å². The fourth-order valence-corrected chi connectivity index (χ4v) is 1.70. The summed E-state index contributed by atoms with van der Waals surface area (Å²) in [5.74, 6) is 0.606. The SMILES string of the molecule is CC(C)/C(C=O)=C\C(N)=NCCN1CCOCC1. The highest BCUT2D eigenvalue weighted by atomic mass is 16.5. The zero-order valence-electron chi connectivity index (χ0n) is 11.3. The number of allylic oxidation sites excluding steroid dienone is 1. The van der Waals surface area contributed by atoms with Crippen LogP contribution in [0.4, 0.5) is 0 Å². The third kappa shape index (κ3) is 5.42. The fraction of sp³-hybridized carbons (Fsp3) is 0.692. The molecule has 0 aliphatic carbocycles.